The number of rotatable bonds is 3. The number of nitriles is 1. The van der Waals surface area contributed by atoms with Crippen molar-refractivity contribution in [2.45, 2.75) is 6.17 Å². The zero-order valence-electron chi connectivity index (χ0n) is 6.77. The van der Waals surface area contributed by atoms with Crippen molar-refractivity contribution >= 4 is 11.3 Å². The summed E-state index contributed by atoms with van der Waals surface area (Å²) in [5, 5.41) is 16.9. The summed E-state index contributed by atoms with van der Waals surface area (Å²) in [5.41, 5.74) is 16.9. The van der Waals surface area contributed by atoms with Gasteiger partial charge in [0.2, 0.25) is 0 Å². The van der Waals surface area contributed by atoms with Gasteiger partial charge in [-0.25, -0.2) is 0 Å². The van der Waals surface area contributed by atoms with Crippen molar-refractivity contribution in [3.8, 4) is 6.07 Å². The first-order valence-corrected chi connectivity index (χ1v) is 4.27. The van der Waals surface area contributed by atoms with Gasteiger partial charge in [-0.2, -0.15) is 5.26 Å². The Morgan fingerprint density at radius 1 is 1.43 bits per heavy atom. The van der Waals surface area contributed by atoms with Gasteiger partial charge in [0.05, 0.1) is 0 Å². The molecule has 0 saturated heterocycles. The molecule has 0 aromatic carbocycles. The van der Waals surface area contributed by atoms with E-state index in [1.54, 1.807) is 11.4 Å². The minimum atomic E-state index is -0.981. The van der Waals surface area contributed by atoms with Crippen LogP contribution in [0.2, 0.25) is 0 Å². The summed E-state index contributed by atoms with van der Waals surface area (Å²) in [7, 11) is 0. The van der Waals surface area contributed by atoms with E-state index in [0.29, 0.717) is 10.4 Å². The first kappa shape index (κ1) is 9.89. The fraction of sp³-hybridized carbons (Fsp3) is 0.167. The predicted octanol–water partition coefficient (Wildman–Crippen LogP) is 3.24. The highest BCUT2D eigenvalue weighted by Crippen LogP contribution is 2.26. The average molecular weight is 205 g/mol. The van der Waals surface area contributed by atoms with Gasteiger partial charge in [0.1, 0.15) is 17.1 Å². The number of azide groups is 1. The zero-order chi connectivity index (χ0) is 10.4. The molecule has 68 valence electrons. The molecular weight excluding hydrogens is 202 g/mol. The Morgan fingerprint density at radius 2 is 2.07 bits per heavy atom. The van der Waals surface area contributed by atoms with Crippen LogP contribution >= 0.6 is 11.3 Å². The smallest absolute Gasteiger partial charge is 0.143 e. The quantitative estimate of drug-likeness (QED) is 0.419. The lowest BCUT2D eigenvalue weighted by atomic mass is 10.2. The maximum absolute atomic E-state index is 8.68. The minimum Gasteiger partial charge on any atom is -0.192 e. The summed E-state index contributed by atoms with van der Waals surface area (Å²) in [5.74, 6) is 0. The molecule has 0 saturated carbocycles. The SMILES string of the molecule is N#Cc1sccc1C(N=[N+]=[N-])N=[N+]=[N-]. The van der Waals surface area contributed by atoms with E-state index in [-0.39, 0.29) is 0 Å². The molecule has 0 aliphatic heterocycles. The standard InChI is InChI=1S/C6H3N7S/c7-3-5-4(1-2-14-5)6(10-12-8)11-13-9/h1-2,6H. The van der Waals surface area contributed by atoms with E-state index in [0.717, 1.165) is 0 Å². The minimum absolute atomic E-state index is 0.384. The average Bonchev–Trinajstić information content (AvgIpc) is 2.65. The van der Waals surface area contributed by atoms with Crippen LogP contribution in [-0.2, 0) is 0 Å². The maximum atomic E-state index is 8.68. The second-order valence-electron chi connectivity index (χ2n) is 2.10. The Morgan fingerprint density at radius 3 is 2.57 bits per heavy atom. The molecule has 0 aliphatic rings. The van der Waals surface area contributed by atoms with E-state index in [1.807, 2.05) is 6.07 Å². The third-order valence-corrected chi connectivity index (χ3v) is 2.23. The summed E-state index contributed by atoms with van der Waals surface area (Å²) in [4.78, 5) is 5.47. The topological polar surface area (TPSA) is 121 Å². The molecule has 0 amide bonds. The predicted molar refractivity (Wildman–Crippen MR) is 50.1 cm³/mol. The normalized spacial score (nSPS) is 10.5. The molecule has 8 heteroatoms. The molecule has 0 unspecified atom stereocenters. The Labute approximate surface area is 82.5 Å². The molecular formula is C6H3N7S. The van der Waals surface area contributed by atoms with Crippen molar-refractivity contribution in [2.24, 2.45) is 10.2 Å². The first-order valence-electron chi connectivity index (χ1n) is 3.39. The molecule has 1 rings (SSSR count). The molecule has 14 heavy (non-hydrogen) atoms. The highest BCUT2D eigenvalue weighted by Gasteiger charge is 2.12. The molecule has 0 N–H and O–H groups in total. The van der Waals surface area contributed by atoms with Crippen LogP contribution in [0.25, 0.3) is 20.9 Å². The van der Waals surface area contributed by atoms with E-state index < -0.39 is 6.17 Å². The van der Waals surface area contributed by atoms with E-state index in [9.17, 15) is 0 Å². The second kappa shape index (κ2) is 4.74. The zero-order valence-corrected chi connectivity index (χ0v) is 7.59. The number of thiophene rings is 1. The summed E-state index contributed by atoms with van der Waals surface area (Å²) in [6, 6.07) is 3.52. The van der Waals surface area contributed by atoms with E-state index >= 15 is 0 Å². The molecule has 1 aromatic rings. The number of hydrogen-bond acceptors (Lipinski definition) is 4. The Balaban J connectivity index is 3.18. The van der Waals surface area contributed by atoms with Crippen LogP contribution in [-0.4, -0.2) is 0 Å². The van der Waals surface area contributed by atoms with Gasteiger partial charge < -0.3 is 0 Å². The van der Waals surface area contributed by atoms with Gasteiger partial charge in [0, 0.05) is 9.82 Å². The van der Waals surface area contributed by atoms with Crippen molar-refractivity contribution in [1.82, 2.24) is 0 Å². The number of hydrogen-bond donors (Lipinski definition) is 0. The van der Waals surface area contributed by atoms with Crippen LogP contribution in [0.15, 0.2) is 21.7 Å². The lowest BCUT2D eigenvalue weighted by Gasteiger charge is -1.99. The van der Waals surface area contributed by atoms with Crippen molar-refractivity contribution in [3.63, 3.8) is 0 Å². The first-order chi connectivity index (χ1) is 6.83. The van der Waals surface area contributed by atoms with Crippen LogP contribution < -0.4 is 0 Å². The molecule has 0 spiro atoms. The second-order valence-corrected chi connectivity index (χ2v) is 3.02. The van der Waals surface area contributed by atoms with Crippen LogP contribution in [0.3, 0.4) is 0 Å². The molecule has 0 atom stereocenters. The molecule has 0 bridgehead atoms. The fourth-order valence-electron chi connectivity index (χ4n) is 0.859. The van der Waals surface area contributed by atoms with E-state index in [4.69, 9.17) is 16.3 Å². The highest BCUT2D eigenvalue weighted by molar-refractivity contribution is 7.10. The van der Waals surface area contributed by atoms with Gasteiger partial charge in [0.15, 0.2) is 0 Å². The molecule has 7 nitrogen and oxygen atoms in total. The molecule has 0 fully saturated rings. The fourth-order valence-corrected chi connectivity index (χ4v) is 1.57. The Hall–Kier alpha value is -2.19. The molecule has 1 aromatic heterocycles. The molecule has 0 radical (unpaired) electrons. The van der Waals surface area contributed by atoms with Gasteiger partial charge in [0.25, 0.3) is 0 Å². The van der Waals surface area contributed by atoms with Gasteiger partial charge in [-0.1, -0.05) is 10.2 Å². The summed E-state index contributed by atoms with van der Waals surface area (Å²) in [6.45, 7) is 0. The van der Waals surface area contributed by atoms with Crippen molar-refractivity contribution < 1.29 is 0 Å². The molecule has 1 heterocycles. The van der Waals surface area contributed by atoms with E-state index in [2.05, 4.69) is 20.1 Å². The van der Waals surface area contributed by atoms with Crippen LogP contribution in [0.4, 0.5) is 0 Å². The van der Waals surface area contributed by atoms with Crippen LogP contribution in [0.5, 0.6) is 0 Å². The largest absolute Gasteiger partial charge is 0.192 e. The van der Waals surface area contributed by atoms with Crippen molar-refractivity contribution in [1.29, 1.82) is 5.26 Å². The van der Waals surface area contributed by atoms with Crippen LogP contribution in [0.1, 0.15) is 16.6 Å². The van der Waals surface area contributed by atoms with Gasteiger partial charge in [-0.05, 0) is 28.1 Å². The summed E-state index contributed by atoms with van der Waals surface area (Å²) < 4.78 is 0. The summed E-state index contributed by atoms with van der Waals surface area (Å²) in [6.07, 6.45) is -0.981. The summed E-state index contributed by atoms with van der Waals surface area (Å²) >= 11 is 1.20. The third-order valence-electron chi connectivity index (χ3n) is 1.40. The van der Waals surface area contributed by atoms with Crippen molar-refractivity contribution in [3.05, 3.63) is 42.8 Å². The molecule has 0 aliphatic carbocycles. The van der Waals surface area contributed by atoms with Gasteiger partial charge in [-0.3, -0.25) is 0 Å². The lowest BCUT2D eigenvalue weighted by Crippen LogP contribution is -1.88. The van der Waals surface area contributed by atoms with Crippen LogP contribution in [0, 0.1) is 11.3 Å². The van der Waals surface area contributed by atoms with Gasteiger partial charge in [-0.15, -0.1) is 11.3 Å². The van der Waals surface area contributed by atoms with E-state index in [1.165, 1.54) is 11.3 Å². The monoisotopic (exact) mass is 205 g/mol. The van der Waals surface area contributed by atoms with Gasteiger partial charge >= 0.3 is 0 Å². The van der Waals surface area contributed by atoms with Crippen molar-refractivity contribution in [2.75, 3.05) is 0 Å². The lowest BCUT2D eigenvalue weighted by molar-refractivity contribution is 0.758. The third kappa shape index (κ3) is 1.94. The number of nitrogens with zero attached hydrogens (tertiary/aromatic N) is 7. The highest BCUT2D eigenvalue weighted by atomic mass is 32.1. The Kier molecular flexibility index (Phi) is 3.35. The maximum Gasteiger partial charge on any atom is 0.143 e. The Bertz CT molecular complexity index is 439.